The van der Waals surface area contributed by atoms with Gasteiger partial charge in [0.15, 0.2) is 0 Å². The first-order valence-corrected chi connectivity index (χ1v) is 8.57. The smallest absolute Gasteiger partial charge is 0.256 e. The van der Waals surface area contributed by atoms with Crippen molar-refractivity contribution >= 4 is 28.7 Å². The number of nitrogens with two attached hydrogens (primary N) is 2. The van der Waals surface area contributed by atoms with Gasteiger partial charge in [-0.05, 0) is 23.9 Å². The topological polar surface area (TPSA) is 88.5 Å². The maximum atomic E-state index is 12.7. The van der Waals surface area contributed by atoms with Crippen molar-refractivity contribution in [3.05, 3.63) is 40.2 Å². The van der Waals surface area contributed by atoms with E-state index in [-0.39, 0.29) is 17.4 Å². The largest absolute Gasteiger partial charge is 0.395 e. The second-order valence-corrected chi connectivity index (χ2v) is 6.69. The number of rotatable bonds is 3. The van der Waals surface area contributed by atoms with Crippen LogP contribution in [0, 0.1) is 0 Å². The molecule has 0 unspecified atom stereocenters. The molecule has 0 aromatic carbocycles. The maximum absolute atomic E-state index is 12.7. The lowest BCUT2D eigenvalue weighted by molar-refractivity contribution is 0.0762. The normalized spacial score (nSPS) is 16.3. The molecule has 1 amide bonds. The first-order valence-electron chi connectivity index (χ1n) is 7.69. The molecule has 6 nitrogen and oxygen atoms in total. The van der Waals surface area contributed by atoms with E-state index in [1.807, 2.05) is 4.90 Å². The molecule has 1 aliphatic rings. The van der Waals surface area contributed by atoms with Gasteiger partial charge in [-0.1, -0.05) is 6.07 Å². The standard InChI is InChI=1S/C16H21N5OS/c17-14-13(4-5-19-15(14)18)16(22)21-7-2-6-20(8-9-21)11-12-3-1-10-23-12/h1,3-5,10H,2,6-9,11,17H2,(H2,18,19). The summed E-state index contributed by atoms with van der Waals surface area (Å²) in [6.07, 6.45) is 2.48. The average molecular weight is 331 g/mol. The third kappa shape index (κ3) is 3.62. The Kier molecular flexibility index (Phi) is 4.78. The fraction of sp³-hybridized carbons (Fsp3) is 0.375. The number of anilines is 2. The van der Waals surface area contributed by atoms with Gasteiger partial charge >= 0.3 is 0 Å². The van der Waals surface area contributed by atoms with Crippen LogP contribution in [0.15, 0.2) is 29.8 Å². The molecule has 0 bridgehead atoms. The van der Waals surface area contributed by atoms with Crippen LogP contribution in [0.4, 0.5) is 11.5 Å². The van der Waals surface area contributed by atoms with Crippen molar-refractivity contribution in [2.75, 3.05) is 37.6 Å². The Morgan fingerprint density at radius 1 is 1.22 bits per heavy atom. The van der Waals surface area contributed by atoms with Crippen molar-refractivity contribution in [1.82, 2.24) is 14.8 Å². The van der Waals surface area contributed by atoms with Crippen LogP contribution in [0.5, 0.6) is 0 Å². The third-order valence-corrected chi connectivity index (χ3v) is 4.95. The van der Waals surface area contributed by atoms with Crippen LogP contribution in [0.2, 0.25) is 0 Å². The quantitative estimate of drug-likeness (QED) is 0.893. The van der Waals surface area contributed by atoms with Gasteiger partial charge < -0.3 is 16.4 Å². The molecular formula is C16H21N5OS. The lowest BCUT2D eigenvalue weighted by Gasteiger charge is -2.22. The minimum atomic E-state index is -0.0606. The fourth-order valence-corrected chi connectivity index (χ4v) is 3.55. The monoisotopic (exact) mass is 331 g/mol. The number of thiophene rings is 1. The summed E-state index contributed by atoms with van der Waals surface area (Å²) in [6, 6.07) is 5.87. The van der Waals surface area contributed by atoms with E-state index in [1.54, 1.807) is 17.4 Å². The molecule has 7 heteroatoms. The Hall–Kier alpha value is -2.12. The summed E-state index contributed by atoms with van der Waals surface area (Å²) in [5.41, 5.74) is 12.3. The van der Waals surface area contributed by atoms with Crippen molar-refractivity contribution in [3.63, 3.8) is 0 Å². The molecule has 3 heterocycles. The van der Waals surface area contributed by atoms with E-state index in [0.717, 1.165) is 32.6 Å². The number of pyridine rings is 1. The van der Waals surface area contributed by atoms with Gasteiger partial charge in [0.1, 0.15) is 5.82 Å². The highest BCUT2D eigenvalue weighted by molar-refractivity contribution is 7.09. The molecule has 0 radical (unpaired) electrons. The van der Waals surface area contributed by atoms with E-state index in [2.05, 4.69) is 27.4 Å². The van der Waals surface area contributed by atoms with E-state index in [9.17, 15) is 4.79 Å². The number of amides is 1. The SMILES string of the molecule is Nc1nccc(C(=O)N2CCCN(Cc3cccs3)CC2)c1N. The Bertz CT molecular complexity index is 673. The molecule has 1 aliphatic heterocycles. The van der Waals surface area contributed by atoms with Crippen LogP contribution < -0.4 is 11.5 Å². The predicted molar refractivity (Wildman–Crippen MR) is 93.2 cm³/mol. The number of aromatic nitrogens is 1. The Morgan fingerprint density at radius 3 is 2.87 bits per heavy atom. The summed E-state index contributed by atoms with van der Waals surface area (Å²) in [6.45, 7) is 4.25. The molecule has 4 N–H and O–H groups in total. The van der Waals surface area contributed by atoms with Crippen molar-refractivity contribution < 1.29 is 4.79 Å². The van der Waals surface area contributed by atoms with E-state index in [4.69, 9.17) is 11.5 Å². The molecule has 1 fully saturated rings. The highest BCUT2D eigenvalue weighted by atomic mass is 32.1. The lowest BCUT2D eigenvalue weighted by Crippen LogP contribution is -2.35. The summed E-state index contributed by atoms with van der Waals surface area (Å²) < 4.78 is 0. The van der Waals surface area contributed by atoms with Gasteiger partial charge in [0.25, 0.3) is 5.91 Å². The first-order chi connectivity index (χ1) is 11.1. The van der Waals surface area contributed by atoms with E-state index in [1.165, 1.54) is 11.1 Å². The minimum Gasteiger partial charge on any atom is -0.395 e. The highest BCUT2D eigenvalue weighted by Gasteiger charge is 2.22. The highest BCUT2D eigenvalue weighted by Crippen LogP contribution is 2.20. The number of nitrogens with zero attached hydrogens (tertiary/aromatic N) is 3. The van der Waals surface area contributed by atoms with Crippen molar-refractivity contribution in [3.8, 4) is 0 Å². The van der Waals surface area contributed by atoms with Gasteiger partial charge in [0, 0.05) is 43.8 Å². The summed E-state index contributed by atoms with van der Waals surface area (Å²) in [4.78, 5) is 22.2. The van der Waals surface area contributed by atoms with Gasteiger partial charge in [-0.3, -0.25) is 9.69 Å². The van der Waals surface area contributed by atoms with Crippen molar-refractivity contribution in [2.24, 2.45) is 0 Å². The minimum absolute atomic E-state index is 0.0606. The first kappa shape index (κ1) is 15.8. The van der Waals surface area contributed by atoms with Crippen LogP contribution in [0.25, 0.3) is 0 Å². The molecule has 23 heavy (non-hydrogen) atoms. The van der Waals surface area contributed by atoms with Crippen LogP contribution in [-0.4, -0.2) is 46.9 Å². The zero-order valence-corrected chi connectivity index (χ0v) is 13.8. The summed E-state index contributed by atoms with van der Waals surface area (Å²) in [5, 5.41) is 2.10. The Balaban J connectivity index is 1.65. The lowest BCUT2D eigenvalue weighted by atomic mass is 10.2. The zero-order chi connectivity index (χ0) is 16.2. The van der Waals surface area contributed by atoms with Gasteiger partial charge in [0.2, 0.25) is 0 Å². The van der Waals surface area contributed by atoms with Crippen LogP contribution in [0.3, 0.4) is 0 Å². The number of hydrogen-bond acceptors (Lipinski definition) is 6. The molecule has 0 aliphatic carbocycles. The number of nitrogen functional groups attached to an aromatic ring is 2. The molecule has 2 aromatic heterocycles. The van der Waals surface area contributed by atoms with E-state index < -0.39 is 0 Å². The average Bonchev–Trinajstić information content (AvgIpc) is 2.94. The molecular weight excluding hydrogens is 310 g/mol. The number of carbonyl (C=O) groups excluding carboxylic acids is 1. The molecule has 0 spiro atoms. The predicted octanol–water partition coefficient (Wildman–Crippen LogP) is 1.66. The summed E-state index contributed by atoms with van der Waals surface area (Å²) in [5.74, 6) is 0.152. The third-order valence-electron chi connectivity index (χ3n) is 4.09. The van der Waals surface area contributed by atoms with Crippen molar-refractivity contribution in [2.45, 2.75) is 13.0 Å². The molecule has 0 atom stereocenters. The molecule has 2 aromatic rings. The van der Waals surface area contributed by atoms with Gasteiger partial charge in [-0.2, -0.15) is 0 Å². The van der Waals surface area contributed by atoms with Gasteiger partial charge in [-0.25, -0.2) is 4.98 Å². The molecule has 0 saturated carbocycles. The van der Waals surface area contributed by atoms with E-state index >= 15 is 0 Å². The van der Waals surface area contributed by atoms with Gasteiger partial charge in [0.05, 0.1) is 11.3 Å². The zero-order valence-electron chi connectivity index (χ0n) is 12.9. The number of hydrogen-bond donors (Lipinski definition) is 2. The van der Waals surface area contributed by atoms with Crippen LogP contribution in [0.1, 0.15) is 21.7 Å². The van der Waals surface area contributed by atoms with Crippen LogP contribution >= 0.6 is 11.3 Å². The molecule has 122 valence electrons. The summed E-state index contributed by atoms with van der Waals surface area (Å²) >= 11 is 1.77. The Labute approximate surface area is 139 Å². The Morgan fingerprint density at radius 2 is 2.09 bits per heavy atom. The second-order valence-electron chi connectivity index (χ2n) is 5.66. The molecule has 3 rings (SSSR count). The van der Waals surface area contributed by atoms with Crippen molar-refractivity contribution in [1.29, 1.82) is 0 Å². The fourth-order valence-electron chi connectivity index (χ4n) is 2.80. The number of carbonyl (C=O) groups is 1. The summed E-state index contributed by atoms with van der Waals surface area (Å²) in [7, 11) is 0. The maximum Gasteiger partial charge on any atom is 0.256 e. The van der Waals surface area contributed by atoms with Crippen LogP contribution in [-0.2, 0) is 6.54 Å². The van der Waals surface area contributed by atoms with E-state index in [0.29, 0.717) is 12.1 Å². The second kappa shape index (κ2) is 6.97. The van der Waals surface area contributed by atoms with Gasteiger partial charge in [-0.15, -0.1) is 11.3 Å². The molecule has 1 saturated heterocycles.